The van der Waals surface area contributed by atoms with Gasteiger partial charge in [0.05, 0.1) is 19.1 Å². The minimum Gasteiger partial charge on any atom is -0.497 e. The second-order valence-corrected chi connectivity index (χ2v) is 9.66. The van der Waals surface area contributed by atoms with Crippen molar-refractivity contribution in [3.05, 3.63) is 93.9 Å². The molecule has 4 rings (SSSR count). The molecule has 0 saturated heterocycles. The van der Waals surface area contributed by atoms with Gasteiger partial charge in [-0.3, -0.25) is 9.36 Å². The van der Waals surface area contributed by atoms with E-state index in [1.165, 1.54) is 18.0 Å². The molecule has 0 unspecified atom stereocenters. The molecule has 182 valence electrons. The van der Waals surface area contributed by atoms with Crippen LogP contribution in [0.25, 0.3) is 23.2 Å². The lowest BCUT2D eigenvalue weighted by Crippen LogP contribution is -2.19. The Hall–Kier alpha value is -3.40. The van der Waals surface area contributed by atoms with Crippen LogP contribution in [0.4, 0.5) is 0 Å². The fourth-order valence-electron chi connectivity index (χ4n) is 3.19. The van der Waals surface area contributed by atoms with Gasteiger partial charge in [0.1, 0.15) is 5.75 Å². The summed E-state index contributed by atoms with van der Waals surface area (Å²) >= 11 is 10.8. The Kier molecular flexibility index (Phi) is 8.94. The monoisotopic (exact) mass is 581 g/mol. The number of hydrogen-bond donors (Lipinski definition) is 1. The molecule has 0 aliphatic carbocycles. The fraction of sp³-hybridized carbons (Fsp3) is 0.0769. The summed E-state index contributed by atoms with van der Waals surface area (Å²) in [6.45, 7) is 0. The quantitative estimate of drug-likeness (QED) is 0.144. The van der Waals surface area contributed by atoms with E-state index in [-0.39, 0.29) is 11.7 Å². The van der Waals surface area contributed by atoms with Crippen LogP contribution in [0.15, 0.2) is 93.6 Å². The van der Waals surface area contributed by atoms with E-state index in [4.69, 9.17) is 16.3 Å². The van der Waals surface area contributed by atoms with Gasteiger partial charge in [0, 0.05) is 20.8 Å². The highest BCUT2D eigenvalue weighted by Gasteiger charge is 2.17. The number of rotatable bonds is 9. The minimum absolute atomic E-state index is 0.103. The zero-order chi connectivity index (χ0) is 25.3. The maximum absolute atomic E-state index is 12.4. The Labute approximate surface area is 226 Å². The molecule has 7 nitrogen and oxygen atoms in total. The highest BCUT2D eigenvalue weighted by atomic mass is 79.9. The Balaban J connectivity index is 1.47. The molecule has 1 N–H and O–H groups in total. The van der Waals surface area contributed by atoms with Crippen LogP contribution in [0.5, 0.6) is 5.75 Å². The van der Waals surface area contributed by atoms with Gasteiger partial charge in [-0.05, 0) is 76.1 Å². The first-order valence-electron chi connectivity index (χ1n) is 10.8. The number of hydrazone groups is 1. The molecule has 4 aromatic rings. The van der Waals surface area contributed by atoms with Crippen LogP contribution in [0.3, 0.4) is 0 Å². The highest BCUT2D eigenvalue weighted by molar-refractivity contribution is 9.12. The topological polar surface area (TPSA) is 81.4 Å². The largest absolute Gasteiger partial charge is 0.497 e. The number of benzene rings is 3. The number of methoxy groups -OCH3 is 1. The van der Waals surface area contributed by atoms with Gasteiger partial charge < -0.3 is 4.74 Å². The van der Waals surface area contributed by atoms with Gasteiger partial charge in [-0.2, -0.15) is 5.10 Å². The van der Waals surface area contributed by atoms with Crippen LogP contribution >= 0.6 is 39.3 Å². The summed E-state index contributed by atoms with van der Waals surface area (Å²) < 4.78 is 7.87. The fourth-order valence-corrected chi connectivity index (χ4v) is 4.42. The molecule has 0 radical (unpaired) electrons. The molecule has 0 aliphatic rings. The van der Waals surface area contributed by atoms with E-state index in [0.29, 0.717) is 16.0 Å². The van der Waals surface area contributed by atoms with Crippen molar-refractivity contribution in [1.82, 2.24) is 20.2 Å². The van der Waals surface area contributed by atoms with Crippen LogP contribution in [-0.2, 0) is 4.79 Å². The maximum Gasteiger partial charge on any atom is 0.250 e. The molecular formula is C26H21BrClN5O2S. The molecule has 0 fully saturated rings. The Morgan fingerprint density at radius 2 is 1.81 bits per heavy atom. The van der Waals surface area contributed by atoms with Gasteiger partial charge in [0.2, 0.25) is 0 Å². The predicted molar refractivity (Wildman–Crippen MR) is 149 cm³/mol. The molecule has 0 aliphatic heterocycles. The average Bonchev–Trinajstić information content (AvgIpc) is 3.32. The first-order valence-corrected chi connectivity index (χ1v) is 12.9. The second kappa shape index (κ2) is 12.5. The first-order chi connectivity index (χ1) is 17.5. The molecule has 0 spiro atoms. The molecular weight excluding hydrogens is 562 g/mol. The van der Waals surface area contributed by atoms with E-state index < -0.39 is 0 Å². The molecule has 36 heavy (non-hydrogen) atoms. The number of allylic oxidation sites excluding steroid dienone is 1. The molecule has 10 heteroatoms. The Morgan fingerprint density at radius 1 is 1.08 bits per heavy atom. The van der Waals surface area contributed by atoms with Crippen molar-refractivity contribution in [1.29, 1.82) is 0 Å². The third-order valence-electron chi connectivity index (χ3n) is 4.88. The van der Waals surface area contributed by atoms with Crippen molar-refractivity contribution < 1.29 is 9.53 Å². The molecule has 1 amide bonds. The zero-order valence-corrected chi connectivity index (χ0v) is 22.3. The summed E-state index contributed by atoms with van der Waals surface area (Å²) in [6, 6.07) is 24.7. The zero-order valence-electron chi connectivity index (χ0n) is 19.1. The van der Waals surface area contributed by atoms with Crippen molar-refractivity contribution in [2.24, 2.45) is 5.10 Å². The third-order valence-corrected chi connectivity index (χ3v) is 6.49. The number of ether oxygens (including phenoxy) is 1. The molecule has 3 aromatic carbocycles. The highest BCUT2D eigenvalue weighted by Crippen LogP contribution is 2.29. The SMILES string of the molecule is COc1ccc(-c2nnc(SCC(=O)NN=CC(Br)=Cc3ccccc3)n2-c2ccc(Cl)cc2)cc1. The summed E-state index contributed by atoms with van der Waals surface area (Å²) in [5.74, 6) is 1.21. The Morgan fingerprint density at radius 3 is 2.50 bits per heavy atom. The molecule has 0 atom stereocenters. The summed E-state index contributed by atoms with van der Waals surface area (Å²) in [6.07, 6.45) is 3.44. The molecule has 1 heterocycles. The predicted octanol–water partition coefficient (Wildman–Crippen LogP) is 6.23. The summed E-state index contributed by atoms with van der Waals surface area (Å²) in [5.41, 5.74) is 5.24. The third kappa shape index (κ3) is 6.84. The smallest absolute Gasteiger partial charge is 0.250 e. The lowest BCUT2D eigenvalue weighted by atomic mass is 10.2. The van der Waals surface area contributed by atoms with E-state index in [1.807, 2.05) is 77.4 Å². The van der Waals surface area contributed by atoms with E-state index in [2.05, 4.69) is 36.7 Å². The Bertz CT molecular complexity index is 1370. The number of halogens is 2. The molecule has 1 aromatic heterocycles. The number of amides is 1. The van der Waals surface area contributed by atoms with Crippen LogP contribution in [0.2, 0.25) is 5.02 Å². The number of nitrogens with one attached hydrogen (secondary N) is 1. The number of carbonyl (C=O) groups is 1. The first kappa shape index (κ1) is 25.7. The molecule has 0 saturated carbocycles. The summed E-state index contributed by atoms with van der Waals surface area (Å²) in [5, 5.41) is 13.9. The van der Waals surface area contributed by atoms with Crippen molar-refractivity contribution in [3.8, 4) is 22.8 Å². The second-order valence-electron chi connectivity index (χ2n) is 7.37. The number of hydrogen-bond acceptors (Lipinski definition) is 6. The lowest BCUT2D eigenvalue weighted by Gasteiger charge is -2.11. The van der Waals surface area contributed by atoms with Gasteiger partial charge in [-0.15, -0.1) is 10.2 Å². The van der Waals surface area contributed by atoms with Crippen molar-refractivity contribution in [3.63, 3.8) is 0 Å². The lowest BCUT2D eigenvalue weighted by molar-refractivity contribution is -0.118. The molecule has 0 bridgehead atoms. The van der Waals surface area contributed by atoms with Crippen LogP contribution in [-0.4, -0.2) is 39.7 Å². The van der Waals surface area contributed by atoms with Crippen molar-refractivity contribution >= 4 is 57.5 Å². The number of aromatic nitrogens is 3. The van der Waals surface area contributed by atoms with E-state index in [9.17, 15) is 4.79 Å². The van der Waals surface area contributed by atoms with Gasteiger partial charge >= 0.3 is 0 Å². The van der Waals surface area contributed by atoms with Gasteiger partial charge in [-0.25, -0.2) is 5.43 Å². The van der Waals surface area contributed by atoms with Crippen LogP contribution in [0, 0.1) is 0 Å². The minimum atomic E-state index is -0.270. The average molecular weight is 583 g/mol. The van der Waals surface area contributed by atoms with Crippen molar-refractivity contribution in [2.45, 2.75) is 5.16 Å². The van der Waals surface area contributed by atoms with Crippen LogP contribution < -0.4 is 10.2 Å². The van der Waals surface area contributed by atoms with Crippen LogP contribution in [0.1, 0.15) is 5.56 Å². The van der Waals surface area contributed by atoms with Gasteiger partial charge in [0.15, 0.2) is 11.0 Å². The van der Waals surface area contributed by atoms with E-state index in [0.717, 1.165) is 27.0 Å². The standard InChI is InChI=1S/C26H21BrClN5O2S/c1-35-23-13-7-19(8-14-23)25-31-32-26(33(25)22-11-9-21(28)10-12-22)36-17-24(34)30-29-16-20(27)15-18-5-3-2-4-6-18/h2-16H,17H2,1H3,(H,30,34). The maximum atomic E-state index is 12.4. The summed E-state index contributed by atoms with van der Waals surface area (Å²) in [4.78, 5) is 12.4. The van der Waals surface area contributed by atoms with Gasteiger partial charge in [-0.1, -0.05) is 53.7 Å². The van der Waals surface area contributed by atoms with Gasteiger partial charge in [0.25, 0.3) is 5.91 Å². The number of nitrogens with zero attached hydrogens (tertiary/aromatic N) is 4. The van der Waals surface area contributed by atoms with Crippen molar-refractivity contribution in [2.75, 3.05) is 12.9 Å². The van der Waals surface area contributed by atoms with E-state index in [1.54, 1.807) is 19.2 Å². The number of thioether (sulfide) groups is 1. The summed E-state index contributed by atoms with van der Waals surface area (Å²) in [7, 11) is 1.62. The normalized spacial score (nSPS) is 11.6. The number of carbonyl (C=O) groups excluding carboxylic acids is 1. The van der Waals surface area contributed by atoms with E-state index >= 15 is 0 Å².